The molecule has 286 valence electrons. The quantitative estimate of drug-likeness (QED) is 0.132. The number of aromatic nitrogens is 2. The van der Waals surface area contributed by atoms with Gasteiger partial charge >= 0.3 is 19.7 Å². The van der Waals surface area contributed by atoms with Crippen LogP contribution in [0.3, 0.4) is 0 Å². The first-order valence-electron chi connectivity index (χ1n) is 16.6. The number of rotatable bonds is 12. The van der Waals surface area contributed by atoms with E-state index in [9.17, 15) is 28.5 Å². The fourth-order valence-corrected chi connectivity index (χ4v) is 7.84. The van der Waals surface area contributed by atoms with Crippen molar-refractivity contribution in [1.29, 1.82) is 0 Å². The van der Waals surface area contributed by atoms with Gasteiger partial charge in [-0.1, -0.05) is 47.5 Å². The van der Waals surface area contributed by atoms with E-state index in [2.05, 4.69) is 26.1 Å². The first-order chi connectivity index (χ1) is 24.9. The Balaban J connectivity index is 1.54. The van der Waals surface area contributed by atoms with E-state index in [0.29, 0.717) is 18.6 Å². The molecule has 0 saturated carbocycles. The van der Waals surface area contributed by atoms with Crippen molar-refractivity contribution in [2.75, 3.05) is 25.5 Å². The maximum atomic E-state index is 14.2. The van der Waals surface area contributed by atoms with Gasteiger partial charge in [0.1, 0.15) is 23.4 Å². The molecule has 4 rings (SSSR count). The van der Waals surface area contributed by atoms with Crippen LogP contribution in [0.1, 0.15) is 73.1 Å². The first-order valence-corrected chi connectivity index (χ1v) is 18.9. The summed E-state index contributed by atoms with van der Waals surface area (Å²) in [6, 6.07) is 10.4. The van der Waals surface area contributed by atoms with Crippen LogP contribution in [0.2, 0.25) is 10.0 Å². The van der Waals surface area contributed by atoms with E-state index < -0.39 is 61.2 Å². The number of nitrogens with one attached hydrogen (secondary N) is 4. The normalized spacial score (nSPS) is 16.0. The second kappa shape index (κ2) is 17.6. The van der Waals surface area contributed by atoms with Crippen LogP contribution in [0.5, 0.6) is 5.75 Å². The van der Waals surface area contributed by atoms with Crippen molar-refractivity contribution in [3.63, 3.8) is 0 Å². The molecular weight excluding hydrogens is 752 g/mol. The summed E-state index contributed by atoms with van der Waals surface area (Å²) in [5.41, 5.74) is -1.33. The minimum atomic E-state index is -3.85. The second-order valence-corrected chi connectivity index (χ2v) is 16.0. The van der Waals surface area contributed by atoms with Crippen molar-refractivity contribution in [3.8, 4) is 5.75 Å². The molecule has 53 heavy (non-hydrogen) atoms. The number of hydrogen-bond donors (Lipinski definition) is 4. The molecule has 3 atom stereocenters. The van der Waals surface area contributed by atoms with Gasteiger partial charge in [0.15, 0.2) is 5.69 Å². The molecule has 1 aliphatic rings. The predicted molar refractivity (Wildman–Crippen MR) is 197 cm³/mol. The van der Waals surface area contributed by atoms with Crippen LogP contribution in [0, 0.1) is 0 Å². The highest BCUT2D eigenvalue weighted by Gasteiger charge is 2.40. The number of halogens is 2. The Morgan fingerprint density at radius 3 is 2.13 bits per heavy atom. The fourth-order valence-electron chi connectivity index (χ4n) is 5.18. The highest BCUT2D eigenvalue weighted by atomic mass is 35.5. The number of piperidine rings is 1. The Kier molecular flexibility index (Phi) is 13.7. The fraction of sp³-hybridized carbons (Fsp3) is 0.412. The van der Waals surface area contributed by atoms with E-state index in [1.807, 2.05) is 0 Å². The van der Waals surface area contributed by atoms with Crippen LogP contribution >= 0.6 is 30.9 Å². The van der Waals surface area contributed by atoms with Crippen molar-refractivity contribution in [2.24, 2.45) is 0 Å². The van der Waals surface area contributed by atoms with Gasteiger partial charge in [-0.25, -0.2) is 23.8 Å². The van der Waals surface area contributed by atoms with E-state index in [4.69, 9.17) is 37.2 Å². The molecule has 0 radical (unpaired) electrons. The Labute approximate surface area is 316 Å². The molecule has 1 unspecified atom stereocenters. The average molecular weight is 795 g/mol. The summed E-state index contributed by atoms with van der Waals surface area (Å²) >= 11 is 12.5. The summed E-state index contributed by atoms with van der Waals surface area (Å²) in [6.45, 7) is 8.29. The SMILES string of the molecule is COC(=O)[C@H](C)NP(=O)(Oc1ccccc1)N1CCC(NC(=O)c2nn(C(=O)[C@H](C)NC(=O)OC(C)(C)C)cc2NC(=O)c2c(Cl)cccc2Cl)CC1. The zero-order chi connectivity index (χ0) is 39.1. The van der Waals surface area contributed by atoms with Crippen LogP contribution in [-0.4, -0.2) is 88.2 Å². The Morgan fingerprint density at radius 1 is 0.925 bits per heavy atom. The highest BCUT2D eigenvalue weighted by Crippen LogP contribution is 2.48. The number of alkyl carbamates (subject to hydrolysis) is 1. The Bertz CT molecular complexity index is 1860. The summed E-state index contributed by atoms with van der Waals surface area (Å²) < 4.78 is 32.6. The number of nitrogens with zero attached hydrogens (tertiary/aromatic N) is 3. The molecule has 0 bridgehead atoms. The summed E-state index contributed by atoms with van der Waals surface area (Å²) in [5, 5.41) is 15.0. The van der Waals surface area contributed by atoms with Crippen LogP contribution in [-0.2, 0) is 18.8 Å². The zero-order valence-corrected chi connectivity index (χ0v) is 32.4. The van der Waals surface area contributed by atoms with E-state index >= 15 is 0 Å². The largest absolute Gasteiger partial charge is 0.468 e. The van der Waals surface area contributed by atoms with Gasteiger partial charge in [0.05, 0.1) is 34.6 Å². The summed E-state index contributed by atoms with van der Waals surface area (Å²) in [4.78, 5) is 65.0. The second-order valence-electron chi connectivity index (χ2n) is 13.1. The molecule has 1 aliphatic heterocycles. The van der Waals surface area contributed by atoms with E-state index in [-0.39, 0.29) is 40.1 Å². The number of anilines is 1. The van der Waals surface area contributed by atoms with Crippen molar-refractivity contribution in [3.05, 3.63) is 76.0 Å². The molecule has 1 fully saturated rings. The number of carbonyl (C=O) groups excluding carboxylic acids is 5. The van der Waals surface area contributed by atoms with E-state index in [1.165, 1.54) is 33.1 Å². The molecule has 16 nitrogen and oxygen atoms in total. The summed E-state index contributed by atoms with van der Waals surface area (Å²) in [5.74, 6) is -2.54. The molecule has 3 aromatic rings. The summed E-state index contributed by atoms with van der Waals surface area (Å²) in [6.07, 6.45) is 0.900. The summed E-state index contributed by atoms with van der Waals surface area (Å²) in [7, 11) is -2.63. The van der Waals surface area contributed by atoms with Gasteiger partial charge in [-0.2, -0.15) is 5.10 Å². The van der Waals surface area contributed by atoms with Gasteiger partial charge in [0, 0.05) is 19.1 Å². The average Bonchev–Trinajstić information content (AvgIpc) is 3.50. The standard InChI is InChI=1S/C34H42Cl2N7O9P/c1-20(37-33(48)51-34(3,4)5)31(46)43-19-26(39-29(44)27-24(35)13-10-14-25(27)36)28(40-43)30(45)38-22-15-17-42(18-16-22)53(49,41-21(2)32(47)50-6)52-23-11-8-7-9-12-23/h7-14,19-22H,15-18H2,1-6H3,(H,37,48)(H,38,45)(H,39,44)(H,41,49)/t20-,21-,53?/m0/s1. The first kappa shape index (κ1) is 41.3. The number of para-hydroxylation sites is 1. The highest BCUT2D eigenvalue weighted by molar-refractivity contribution is 7.54. The number of hydrogen-bond acceptors (Lipinski definition) is 10. The maximum absolute atomic E-state index is 14.2. The van der Waals surface area contributed by atoms with Crippen molar-refractivity contribution < 1.29 is 42.5 Å². The van der Waals surface area contributed by atoms with Crippen LogP contribution in [0.15, 0.2) is 54.7 Å². The topological polar surface area (TPSA) is 199 Å². The van der Waals surface area contributed by atoms with Gasteiger partial charge in [0.25, 0.3) is 17.7 Å². The molecule has 0 spiro atoms. The number of methoxy groups -OCH3 is 1. The van der Waals surface area contributed by atoms with Crippen molar-refractivity contribution in [2.45, 2.75) is 71.2 Å². The molecule has 1 saturated heterocycles. The third-order valence-corrected chi connectivity index (χ3v) is 10.7. The zero-order valence-electron chi connectivity index (χ0n) is 30.0. The smallest absolute Gasteiger partial charge is 0.408 e. The molecule has 4 N–H and O–H groups in total. The van der Waals surface area contributed by atoms with Gasteiger partial charge in [-0.15, -0.1) is 0 Å². The molecule has 2 heterocycles. The molecule has 0 aliphatic carbocycles. The van der Waals surface area contributed by atoms with Gasteiger partial charge in [-0.3, -0.25) is 19.2 Å². The third kappa shape index (κ3) is 11.0. The van der Waals surface area contributed by atoms with Crippen LogP contribution < -0.4 is 25.6 Å². The molecule has 3 amide bonds. The molecule has 19 heteroatoms. The van der Waals surface area contributed by atoms with Crippen molar-refractivity contribution >= 4 is 66.3 Å². The van der Waals surface area contributed by atoms with E-state index in [0.717, 1.165) is 10.9 Å². The Hall–Kier alpha value is -4.47. The monoisotopic (exact) mass is 793 g/mol. The van der Waals surface area contributed by atoms with Gasteiger partial charge < -0.3 is 29.9 Å². The molecule has 1 aromatic heterocycles. The van der Waals surface area contributed by atoms with E-state index in [1.54, 1.807) is 61.8 Å². The van der Waals surface area contributed by atoms with Gasteiger partial charge in [0.2, 0.25) is 0 Å². The lowest BCUT2D eigenvalue weighted by Gasteiger charge is -2.37. The number of amides is 3. The van der Waals surface area contributed by atoms with Crippen LogP contribution in [0.4, 0.5) is 10.5 Å². The van der Waals surface area contributed by atoms with Crippen LogP contribution in [0.25, 0.3) is 0 Å². The Morgan fingerprint density at radius 2 is 1.55 bits per heavy atom. The number of ether oxygens (including phenoxy) is 2. The number of benzene rings is 2. The maximum Gasteiger partial charge on any atom is 0.408 e. The minimum absolute atomic E-state index is 0.0513. The lowest BCUT2D eigenvalue weighted by atomic mass is 10.1. The molecular formula is C34H42Cl2N7O9P. The van der Waals surface area contributed by atoms with Gasteiger partial charge in [-0.05, 0) is 71.7 Å². The predicted octanol–water partition coefficient (Wildman–Crippen LogP) is 5.53. The minimum Gasteiger partial charge on any atom is -0.468 e. The van der Waals surface area contributed by atoms with Crippen molar-refractivity contribution in [1.82, 2.24) is 30.2 Å². The molecule has 2 aromatic carbocycles. The lowest BCUT2D eigenvalue weighted by Crippen LogP contribution is -2.47. The number of esters is 1. The number of carbonyl (C=O) groups is 5. The third-order valence-electron chi connectivity index (χ3n) is 7.76. The lowest BCUT2D eigenvalue weighted by molar-refractivity contribution is -0.142.